The number of aromatic carboxylic acids is 1. The van der Waals surface area contributed by atoms with Crippen LogP contribution < -0.4 is 0 Å². The third-order valence-electron chi connectivity index (χ3n) is 2.99. The first-order chi connectivity index (χ1) is 8.61. The van der Waals surface area contributed by atoms with Gasteiger partial charge in [-0.1, -0.05) is 31.2 Å². The molecule has 0 atom stereocenters. The van der Waals surface area contributed by atoms with E-state index in [0.717, 1.165) is 23.2 Å². The van der Waals surface area contributed by atoms with Crippen LogP contribution in [0.4, 0.5) is 0 Å². The van der Waals surface area contributed by atoms with Gasteiger partial charge in [-0.05, 0) is 30.5 Å². The summed E-state index contributed by atoms with van der Waals surface area (Å²) in [4.78, 5) is 11.2. The second kappa shape index (κ2) is 5.04. The molecule has 2 aromatic rings. The van der Waals surface area contributed by atoms with Crippen molar-refractivity contribution < 1.29 is 9.90 Å². The fourth-order valence-corrected chi connectivity index (χ4v) is 1.88. The van der Waals surface area contributed by atoms with Gasteiger partial charge in [-0.2, -0.15) is 5.10 Å². The molecule has 0 saturated heterocycles. The summed E-state index contributed by atoms with van der Waals surface area (Å²) >= 11 is 0. The molecule has 1 aromatic heterocycles. The molecule has 0 aliphatic carbocycles. The van der Waals surface area contributed by atoms with Crippen molar-refractivity contribution >= 4 is 5.97 Å². The molecule has 18 heavy (non-hydrogen) atoms. The Hall–Kier alpha value is -2.10. The second-order valence-corrected chi connectivity index (χ2v) is 4.26. The van der Waals surface area contributed by atoms with Crippen LogP contribution in [0.2, 0.25) is 0 Å². The third-order valence-corrected chi connectivity index (χ3v) is 2.99. The normalized spacial score (nSPS) is 10.6. The SMILES string of the molecule is CCc1cc(C(=O)O)n(Cc2ccccc2C)n1. The van der Waals surface area contributed by atoms with Crippen molar-refractivity contribution in [3.8, 4) is 0 Å². The van der Waals surface area contributed by atoms with Gasteiger partial charge in [0.1, 0.15) is 5.69 Å². The molecule has 94 valence electrons. The third kappa shape index (κ3) is 2.42. The zero-order valence-electron chi connectivity index (χ0n) is 10.6. The Labute approximate surface area is 106 Å². The molecule has 1 N–H and O–H groups in total. The predicted molar refractivity (Wildman–Crippen MR) is 68.8 cm³/mol. The molecule has 0 unspecified atom stereocenters. The maximum Gasteiger partial charge on any atom is 0.354 e. The average Bonchev–Trinajstić information content (AvgIpc) is 2.75. The molecule has 1 aromatic carbocycles. The lowest BCUT2D eigenvalue weighted by Gasteiger charge is -2.07. The van der Waals surface area contributed by atoms with Gasteiger partial charge < -0.3 is 5.11 Å². The van der Waals surface area contributed by atoms with Crippen LogP contribution >= 0.6 is 0 Å². The zero-order valence-corrected chi connectivity index (χ0v) is 10.6. The Bertz CT molecular complexity index is 573. The number of aryl methyl sites for hydroxylation is 2. The van der Waals surface area contributed by atoms with E-state index in [9.17, 15) is 4.79 Å². The molecule has 0 radical (unpaired) electrons. The Kier molecular flexibility index (Phi) is 3.46. The first-order valence-corrected chi connectivity index (χ1v) is 5.96. The molecular weight excluding hydrogens is 228 g/mol. The summed E-state index contributed by atoms with van der Waals surface area (Å²) in [7, 11) is 0. The van der Waals surface area contributed by atoms with Crippen molar-refractivity contribution in [2.24, 2.45) is 0 Å². The maximum absolute atomic E-state index is 11.2. The molecule has 4 nitrogen and oxygen atoms in total. The second-order valence-electron chi connectivity index (χ2n) is 4.26. The minimum absolute atomic E-state index is 0.245. The van der Waals surface area contributed by atoms with Gasteiger partial charge in [0, 0.05) is 0 Å². The van der Waals surface area contributed by atoms with Crippen LogP contribution in [0.25, 0.3) is 0 Å². The molecule has 0 fully saturated rings. The van der Waals surface area contributed by atoms with Crippen molar-refractivity contribution in [1.82, 2.24) is 9.78 Å². The molecule has 0 aliphatic heterocycles. The van der Waals surface area contributed by atoms with Gasteiger partial charge in [0.15, 0.2) is 0 Å². The number of aromatic nitrogens is 2. The number of carboxylic acids is 1. The molecule has 0 spiro atoms. The lowest BCUT2D eigenvalue weighted by Crippen LogP contribution is -2.11. The number of carboxylic acid groups (broad SMARTS) is 1. The summed E-state index contributed by atoms with van der Waals surface area (Å²) in [6.07, 6.45) is 0.737. The number of benzene rings is 1. The monoisotopic (exact) mass is 244 g/mol. The van der Waals surface area contributed by atoms with E-state index in [1.807, 2.05) is 38.1 Å². The van der Waals surface area contributed by atoms with E-state index in [1.54, 1.807) is 10.7 Å². The van der Waals surface area contributed by atoms with Crippen LogP contribution in [0, 0.1) is 6.92 Å². The highest BCUT2D eigenvalue weighted by atomic mass is 16.4. The summed E-state index contributed by atoms with van der Waals surface area (Å²) in [6.45, 7) is 4.47. The van der Waals surface area contributed by atoms with Gasteiger partial charge in [-0.15, -0.1) is 0 Å². The lowest BCUT2D eigenvalue weighted by molar-refractivity contribution is 0.0684. The molecule has 4 heteroatoms. The molecular formula is C14H16N2O2. The van der Waals surface area contributed by atoms with E-state index < -0.39 is 5.97 Å². The Balaban J connectivity index is 2.36. The van der Waals surface area contributed by atoms with Gasteiger partial charge in [-0.3, -0.25) is 4.68 Å². The largest absolute Gasteiger partial charge is 0.477 e. The predicted octanol–water partition coefficient (Wildman–Crippen LogP) is 2.50. The molecule has 0 saturated carbocycles. The average molecular weight is 244 g/mol. The van der Waals surface area contributed by atoms with Gasteiger partial charge in [0.05, 0.1) is 12.2 Å². The first kappa shape index (κ1) is 12.4. The van der Waals surface area contributed by atoms with E-state index >= 15 is 0 Å². The summed E-state index contributed by atoms with van der Waals surface area (Å²) in [6, 6.07) is 9.57. The van der Waals surface area contributed by atoms with Crippen LogP contribution in [-0.2, 0) is 13.0 Å². The summed E-state index contributed by atoms with van der Waals surface area (Å²) in [5.41, 5.74) is 3.28. The number of hydrogen-bond donors (Lipinski definition) is 1. The van der Waals surface area contributed by atoms with Gasteiger partial charge >= 0.3 is 5.97 Å². The van der Waals surface area contributed by atoms with E-state index in [2.05, 4.69) is 5.10 Å². The highest BCUT2D eigenvalue weighted by Crippen LogP contribution is 2.12. The van der Waals surface area contributed by atoms with E-state index in [-0.39, 0.29) is 5.69 Å². The first-order valence-electron chi connectivity index (χ1n) is 5.96. The summed E-state index contributed by atoms with van der Waals surface area (Å²) in [5.74, 6) is -0.934. The maximum atomic E-state index is 11.2. The number of hydrogen-bond acceptors (Lipinski definition) is 2. The number of nitrogens with zero attached hydrogens (tertiary/aromatic N) is 2. The zero-order chi connectivity index (χ0) is 13.1. The smallest absolute Gasteiger partial charge is 0.354 e. The fourth-order valence-electron chi connectivity index (χ4n) is 1.88. The van der Waals surface area contributed by atoms with Crippen molar-refractivity contribution in [2.75, 3.05) is 0 Å². The van der Waals surface area contributed by atoms with Crippen LogP contribution in [-0.4, -0.2) is 20.9 Å². The number of carbonyl (C=O) groups is 1. The Morgan fingerprint density at radius 2 is 2.11 bits per heavy atom. The minimum atomic E-state index is -0.934. The van der Waals surface area contributed by atoms with Crippen LogP contribution in [0.5, 0.6) is 0 Å². The molecule has 0 bridgehead atoms. The fraction of sp³-hybridized carbons (Fsp3) is 0.286. The molecule has 0 amide bonds. The lowest BCUT2D eigenvalue weighted by atomic mass is 10.1. The van der Waals surface area contributed by atoms with Crippen LogP contribution in [0.3, 0.4) is 0 Å². The highest BCUT2D eigenvalue weighted by Gasteiger charge is 2.14. The Morgan fingerprint density at radius 3 is 2.72 bits per heavy atom. The van der Waals surface area contributed by atoms with E-state index in [4.69, 9.17) is 5.11 Å². The van der Waals surface area contributed by atoms with Gasteiger partial charge in [0.25, 0.3) is 0 Å². The van der Waals surface area contributed by atoms with Crippen LogP contribution in [0.15, 0.2) is 30.3 Å². The highest BCUT2D eigenvalue weighted by molar-refractivity contribution is 5.85. The quantitative estimate of drug-likeness (QED) is 0.899. The van der Waals surface area contributed by atoms with Crippen molar-refractivity contribution in [3.63, 3.8) is 0 Å². The number of rotatable bonds is 4. The molecule has 1 heterocycles. The van der Waals surface area contributed by atoms with Gasteiger partial charge in [-0.25, -0.2) is 4.79 Å². The molecule has 2 rings (SSSR count). The summed E-state index contributed by atoms with van der Waals surface area (Å²) < 4.78 is 1.56. The van der Waals surface area contributed by atoms with E-state index in [0.29, 0.717) is 6.54 Å². The van der Waals surface area contributed by atoms with Crippen LogP contribution in [0.1, 0.15) is 34.2 Å². The van der Waals surface area contributed by atoms with Crippen molar-refractivity contribution in [3.05, 3.63) is 52.8 Å². The van der Waals surface area contributed by atoms with Crippen molar-refractivity contribution in [2.45, 2.75) is 26.8 Å². The Morgan fingerprint density at radius 1 is 1.39 bits per heavy atom. The van der Waals surface area contributed by atoms with Gasteiger partial charge in [0.2, 0.25) is 0 Å². The standard InChI is InChI=1S/C14H16N2O2/c1-3-12-8-13(14(17)18)16(15-12)9-11-7-5-4-6-10(11)2/h4-8H,3,9H2,1-2H3,(H,17,18). The molecule has 0 aliphatic rings. The van der Waals surface area contributed by atoms with Crippen molar-refractivity contribution in [1.29, 1.82) is 0 Å². The topological polar surface area (TPSA) is 55.1 Å². The minimum Gasteiger partial charge on any atom is -0.477 e. The van der Waals surface area contributed by atoms with E-state index in [1.165, 1.54) is 0 Å². The summed E-state index contributed by atoms with van der Waals surface area (Å²) in [5, 5.41) is 13.5.